The highest BCUT2D eigenvalue weighted by molar-refractivity contribution is 7.89. The Morgan fingerprint density at radius 3 is 2.17 bits per heavy atom. The third-order valence-electron chi connectivity index (χ3n) is 5.96. The van der Waals surface area contributed by atoms with Crippen molar-refractivity contribution in [2.45, 2.75) is 37.8 Å². The topological polar surface area (TPSA) is 128 Å². The van der Waals surface area contributed by atoms with Crippen LogP contribution >= 0.6 is 0 Å². The van der Waals surface area contributed by atoms with Crippen molar-refractivity contribution in [3.05, 3.63) is 114 Å². The molecule has 0 atom stereocenters. The second-order valence-corrected chi connectivity index (χ2v) is 12.0. The lowest BCUT2D eigenvalue weighted by Gasteiger charge is -2.24. The van der Waals surface area contributed by atoms with Gasteiger partial charge in [-0.1, -0.05) is 66.7 Å². The minimum atomic E-state index is -3.75. The molecular formula is C31H33N5O3S. The SMILES string of the molecule is CC(C)(C)NS(=O)(=O)c1ccccc1-c1ccc(NC(=O)N(Cc2cccc(C(=N)N)c2)c2ccccc2)cc1. The van der Waals surface area contributed by atoms with Gasteiger partial charge in [0.1, 0.15) is 5.84 Å². The van der Waals surface area contributed by atoms with E-state index in [0.717, 1.165) is 5.56 Å². The van der Waals surface area contributed by atoms with Crippen molar-refractivity contribution in [1.29, 1.82) is 5.41 Å². The number of hydrogen-bond donors (Lipinski definition) is 4. The molecule has 206 valence electrons. The number of urea groups is 1. The Labute approximate surface area is 235 Å². The van der Waals surface area contributed by atoms with Crippen LogP contribution in [-0.2, 0) is 16.6 Å². The molecule has 4 aromatic rings. The average molecular weight is 556 g/mol. The van der Waals surface area contributed by atoms with Gasteiger partial charge in [0.15, 0.2) is 0 Å². The first kappa shape index (κ1) is 28.5. The normalized spacial score (nSPS) is 11.6. The van der Waals surface area contributed by atoms with Gasteiger partial charge in [-0.05, 0) is 68.3 Å². The number of benzene rings is 4. The molecule has 0 spiro atoms. The molecule has 0 aliphatic carbocycles. The van der Waals surface area contributed by atoms with Crippen molar-refractivity contribution in [2.24, 2.45) is 5.73 Å². The lowest BCUT2D eigenvalue weighted by Crippen LogP contribution is -2.40. The van der Waals surface area contributed by atoms with Crippen LogP contribution in [0.15, 0.2) is 108 Å². The largest absolute Gasteiger partial charge is 0.384 e. The Morgan fingerprint density at radius 2 is 1.52 bits per heavy atom. The first-order valence-corrected chi connectivity index (χ1v) is 14.2. The Kier molecular flexibility index (Phi) is 8.37. The molecule has 8 nitrogen and oxygen atoms in total. The lowest BCUT2D eigenvalue weighted by atomic mass is 10.1. The summed E-state index contributed by atoms with van der Waals surface area (Å²) < 4.78 is 28.9. The number of amides is 2. The summed E-state index contributed by atoms with van der Waals surface area (Å²) in [6, 6.07) is 30.1. The molecule has 0 bridgehead atoms. The third-order valence-corrected chi connectivity index (χ3v) is 7.77. The molecule has 5 N–H and O–H groups in total. The van der Waals surface area contributed by atoms with Gasteiger partial charge < -0.3 is 11.1 Å². The highest BCUT2D eigenvalue weighted by Gasteiger charge is 2.25. The summed E-state index contributed by atoms with van der Waals surface area (Å²) >= 11 is 0. The molecule has 0 unspecified atom stereocenters. The molecule has 0 radical (unpaired) electrons. The number of nitrogens with one attached hydrogen (secondary N) is 3. The number of nitrogen functional groups attached to an aromatic ring is 1. The predicted molar refractivity (Wildman–Crippen MR) is 161 cm³/mol. The zero-order chi connectivity index (χ0) is 28.9. The van der Waals surface area contributed by atoms with Crippen LogP contribution in [-0.4, -0.2) is 25.8 Å². The molecule has 9 heteroatoms. The number of anilines is 2. The van der Waals surface area contributed by atoms with Crippen molar-refractivity contribution < 1.29 is 13.2 Å². The number of carbonyl (C=O) groups excluding carboxylic acids is 1. The summed E-state index contributed by atoms with van der Waals surface area (Å²) in [4.78, 5) is 15.3. The summed E-state index contributed by atoms with van der Waals surface area (Å²) in [5.41, 5.74) is 8.96. The van der Waals surface area contributed by atoms with Crippen LogP contribution in [0.25, 0.3) is 11.1 Å². The fraction of sp³-hybridized carbons (Fsp3) is 0.161. The van der Waals surface area contributed by atoms with Crippen molar-refractivity contribution in [3.8, 4) is 11.1 Å². The van der Waals surface area contributed by atoms with Crippen LogP contribution in [0.4, 0.5) is 16.2 Å². The van der Waals surface area contributed by atoms with E-state index in [1.54, 1.807) is 92.4 Å². The molecule has 0 saturated carbocycles. The standard InChI is InChI=1S/C31H33N5O3S/c1-31(2,3)35-40(38,39)28-15-8-7-14-27(28)23-16-18-25(19-17-23)34-30(37)36(26-12-5-4-6-13-26)21-22-10-9-11-24(20-22)29(32)33/h4-20,35H,21H2,1-3H3,(H3,32,33)(H,34,37). The van der Waals surface area contributed by atoms with Crippen molar-refractivity contribution in [1.82, 2.24) is 4.72 Å². The van der Waals surface area contributed by atoms with Gasteiger partial charge in [-0.25, -0.2) is 17.9 Å². The van der Waals surface area contributed by atoms with Gasteiger partial charge in [0.2, 0.25) is 10.0 Å². The summed E-state index contributed by atoms with van der Waals surface area (Å²) in [5.74, 6) is -0.0405. The molecule has 40 heavy (non-hydrogen) atoms. The van der Waals surface area contributed by atoms with Gasteiger partial charge in [-0.15, -0.1) is 0 Å². The summed E-state index contributed by atoms with van der Waals surface area (Å²) in [6.07, 6.45) is 0. The van der Waals surface area contributed by atoms with Gasteiger partial charge in [0.05, 0.1) is 11.4 Å². The van der Waals surface area contributed by atoms with Gasteiger partial charge in [-0.3, -0.25) is 10.3 Å². The molecular weight excluding hydrogens is 522 g/mol. The predicted octanol–water partition coefficient (Wildman–Crippen LogP) is 5.95. The highest BCUT2D eigenvalue weighted by atomic mass is 32.2. The first-order valence-electron chi connectivity index (χ1n) is 12.7. The molecule has 0 aliphatic rings. The molecule has 0 aliphatic heterocycles. The van der Waals surface area contributed by atoms with Crippen molar-refractivity contribution in [3.63, 3.8) is 0 Å². The van der Waals surface area contributed by atoms with E-state index in [9.17, 15) is 13.2 Å². The minimum Gasteiger partial charge on any atom is -0.384 e. The van der Waals surface area contributed by atoms with Gasteiger partial charge >= 0.3 is 6.03 Å². The first-order chi connectivity index (χ1) is 18.9. The maximum Gasteiger partial charge on any atom is 0.326 e. The Bertz CT molecular complexity index is 1610. The van der Waals surface area contributed by atoms with E-state index >= 15 is 0 Å². The van der Waals surface area contributed by atoms with Crippen LogP contribution in [0.3, 0.4) is 0 Å². The fourth-order valence-corrected chi connectivity index (χ4v) is 5.88. The maximum absolute atomic E-state index is 13.5. The maximum atomic E-state index is 13.5. The van der Waals surface area contributed by atoms with E-state index in [1.807, 2.05) is 36.4 Å². The quantitative estimate of drug-likeness (QED) is 0.158. The van der Waals surface area contributed by atoms with Crippen LogP contribution in [0, 0.1) is 5.41 Å². The van der Waals surface area contributed by atoms with E-state index < -0.39 is 15.6 Å². The number of carbonyl (C=O) groups is 1. The average Bonchev–Trinajstić information content (AvgIpc) is 2.91. The number of hydrogen-bond acceptors (Lipinski definition) is 4. The van der Waals surface area contributed by atoms with Gasteiger partial charge in [0, 0.05) is 28.0 Å². The Morgan fingerprint density at radius 1 is 0.875 bits per heavy atom. The van der Waals surface area contributed by atoms with E-state index in [2.05, 4.69) is 10.0 Å². The highest BCUT2D eigenvalue weighted by Crippen LogP contribution is 2.29. The number of sulfonamides is 1. The van der Waals surface area contributed by atoms with Gasteiger partial charge in [-0.2, -0.15) is 0 Å². The smallest absolute Gasteiger partial charge is 0.326 e. The molecule has 4 aromatic carbocycles. The third kappa shape index (κ3) is 7.13. The number of rotatable bonds is 8. The molecule has 0 aromatic heterocycles. The van der Waals surface area contributed by atoms with E-state index in [-0.39, 0.29) is 23.3 Å². The van der Waals surface area contributed by atoms with E-state index in [1.165, 1.54) is 0 Å². The number of amidine groups is 1. The van der Waals surface area contributed by atoms with Crippen LogP contribution < -0.4 is 20.7 Å². The second-order valence-electron chi connectivity index (χ2n) is 10.4. The van der Waals surface area contributed by atoms with Crippen LogP contribution in [0.5, 0.6) is 0 Å². The molecule has 0 saturated heterocycles. The van der Waals surface area contributed by atoms with Gasteiger partial charge in [0.25, 0.3) is 0 Å². The summed E-state index contributed by atoms with van der Waals surface area (Å²) in [7, 11) is -3.75. The number of nitrogens with two attached hydrogens (primary N) is 1. The van der Waals surface area contributed by atoms with Crippen molar-refractivity contribution >= 4 is 33.3 Å². The summed E-state index contributed by atoms with van der Waals surface area (Å²) in [5, 5.41) is 10.7. The zero-order valence-electron chi connectivity index (χ0n) is 22.7. The van der Waals surface area contributed by atoms with Crippen LogP contribution in [0.1, 0.15) is 31.9 Å². The monoisotopic (exact) mass is 555 g/mol. The number of para-hydroxylation sites is 1. The Balaban J connectivity index is 1.58. The fourth-order valence-electron chi connectivity index (χ4n) is 4.23. The van der Waals surface area contributed by atoms with Crippen molar-refractivity contribution in [2.75, 3.05) is 10.2 Å². The number of nitrogens with zero attached hydrogens (tertiary/aromatic N) is 1. The lowest BCUT2D eigenvalue weighted by molar-refractivity contribution is 0.256. The van der Waals surface area contributed by atoms with E-state index in [4.69, 9.17) is 11.1 Å². The second kappa shape index (κ2) is 11.7. The molecule has 0 fully saturated rings. The minimum absolute atomic E-state index is 0.0405. The Hall–Kier alpha value is -4.47. The van der Waals surface area contributed by atoms with E-state index in [0.29, 0.717) is 28.1 Å². The molecule has 4 rings (SSSR count). The van der Waals surface area contributed by atoms with Crippen LogP contribution in [0.2, 0.25) is 0 Å². The zero-order valence-corrected chi connectivity index (χ0v) is 23.5. The summed E-state index contributed by atoms with van der Waals surface area (Å²) in [6.45, 7) is 5.65. The molecule has 2 amide bonds. The molecule has 0 heterocycles.